The van der Waals surface area contributed by atoms with Crippen molar-refractivity contribution in [1.82, 2.24) is 4.90 Å². The van der Waals surface area contributed by atoms with E-state index in [1.807, 2.05) is 61.5 Å². The average Bonchev–Trinajstić information content (AvgIpc) is 2.88. The van der Waals surface area contributed by atoms with Crippen molar-refractivity contribution < 1.29 is 9.53 Å². The number of hydrogen-bond acceptors (Lipinski definition) is 4. The maximum atomic E-state index is 12.2. The third-order valence-corrected chi connectivity index (χ3v) is 5.32. The summed E-state index contributed by atoms with van der Waals surface area (Å²) in [4.78, 5) is 14.5. The zero-order valence-corrected chi connectivity index (χ0v) is 16.0. The standard InChI is InChI=1S/C19H16ClNO2S2/c1-2-21-18(22)17(25-19(21)24)11-13-5-9-16(10-6-13)23-12-14-3-7-15(20)8-4-14/h3-11H,2,12H2,1H3. The van der Waals surface area contributed by atoms with Crippen LogP contribution in [0.5, 0.6) is 5.75 Å². The van der Waals surface area contributed by atoms with Crippen LogP contribution >= 0.6 is 35.6 Å². The SMILES string of the molecule is CCN1C(=O)C(=Cc2ccc(OCc3ccc(Cl)cc3)cc2)SC1=S. The fourth-order valence-electron chi connectivity index (χ4n) is 2.33. The Balaban J connectivity index is 1.64. The maximum absolute atomic E-state index is 12.2. The zero-order chi connectivity index (χ0) is 17.8. The molecule has 6 heteroatoms. The Morgan fingerprint density at radius 3 is 2.44 bits per heavy atom. The lowest BCUT2D eigenvalue weighted by molar-refractivity contribution is -0.121. The molecule has 0 N–H and O–H groups in total. The molecule has 0 radical (unpaired) electrons. The molecule has 1 amide bonds. The van der Waals surface area contributed by atoms with E-state index >= 15 is 0 Å². The van der Waals surface area contributed by atoms with Crippen LogP contribution in [0.3, 0.4) is 0 Å². The second-order valence-electron chi connectivity index (χ2n) is 5.41. The predicted octanol–water partition coefficient (Wildman–Crippen LogP) is 5.14. The highest BCUT2D eigenvalue weighted by Crippen LogP contribution is 2.32. The summed E-state index contributed by atoms with van der Waals surface area (Å²) in [5, 5.41) is 0.710. The largest absolute Gasteiger partial charge is 0.489 e. The number of carbonyl (C=O) groups excluding carboxylic acids is 1. The Morgan fingerprint density at radius 1 is 1.16 bits per heavy atom. The third kappa shape index (κ3) is 4.42. The second kappa shape index (κ2) is 8.04. The highest BCUT2D eigenvalue weighted by Gasteiger charge is 2.30. The van der Waals surface area contributed by atoms with Crippen molar-refractivity contribution in [2.75, 3.05) is 6.54 Å². The first-order valence-electron chi connectivity index (χ1n) is 7.79. The normalized spacial score (nSPS) is 15.9. The molecule has 1 saturated heterocycles. The van der Waals surface area contributed by atoms with Gasteiger partial charge >= 0.3 is 0 Å². The fraction of sp³-hybridized carbons (Fsp3) is 0.158. The van der Waals surface area contributed by atoms with Gasteiger partial charge in [-0.2, -0.15) is 0 Å². The highest BCUT2D eigenvalue weighted by molar-refractivity contribution is 8.26. The van der Waals surface area contributed by atoms with Gasteiger partial charge < -0.3 is 4.74 Å². The minimum atomic E-state index is -0.0273. The summed E-state index contributed by atoms with van der Waals surface area (Å²) in [6.45, 7) is 2.99. The Morgan fingerprint density at radius 2 is 1.84 bits per heavy atom. The first kappa shape index (κ1) is 18.0. The molecule has 1 aliphatic heterocycles. The lowest BCUT2D eigenvalue weighted by atomic mass is 10.2. The number of nitrogens with zero attached hydrogens (tertiary/aromatic N) is 1. The molecule has 0 unspecified atom stereocenters. The van der Waals surface area contributed by atoms with Crippen molar-refractivity contribution in [3.05, 3.63) is 69.6 Å². The summed E-state index contributed by atoms with van der Waals surface area (Å²) < 4.78 is 6.38. The van der Waals surface area contributed by atoms with Crippen LogP contribution < -0.4 is 4.74 Å². The van der Waals surface area contributed by atoms with Gasteiger partial charge in [-0.25, -0.2) is 0 Å². The lowest BCUT2D eigenvalue weighted by Crippen LogP contribution is -2.27. The molecular formula is C19H16ClNO2S2. The van der Waals surface area contributed by atoms with Crippen LogP contribution in [0.15, 0.2) is 53.4 Å². The van der Waals surface area contributed by atoms with Crippen molar-refractivity contribution in [2.24, 2.45) is 0 Å². The minimum absolute atomic E-state index is 0.0273. The van der Waals surface area contributed by atoms with E-state index in [9.17, 15) is 4.79 Å². The molecule has 0 bridgehead atoms. The van der Waals surface area contributed by atoms with Gasteiger partial charge in [0.25, 0.3) is 5.91 Å². The van der Waals surface area contributed by atoms with Gasteiger partial charge in [0.1, 0.15) is 16.7 Å². The molecule has 128 valence electrons. The molecule has 0 aromatic heterocycles. The monoisotopic (exact) mass is 389 g/mol. The summed E-state index contributed by atoms with van der Waals surface area (Å²) in [5.74, 6) is 0.744. The van der Waals surface area contributed by atoms with Crippen LogP contribution in [0.4, 0.5) is 0 Å². The molecule has 3 rings (SSSR count). The molecular weight excluding hydrogens is 374 g/mol. The van der Waals surface area contributed by atoms with Crippen molar-refractivity contribution in [2.45, 2.75) is 13.5 Å². The van der Waals surface area contributed by atoms with Gasteiger partial charge in [0.2, 0.25) is 0 Å². The van der Waals surface area contributed by atoms with Gasteiger partial charge in [-0.1, -0.05) is 59.8 Å². The van der Waals surface area contributed by atoms with E-state index in [1.54, 1.807) is 4.90 Å². The second-order valence-corrected chi connectivity index (χ2v) is 7.52. The third-order valence-electron chi connectivity index (χ3n) is 3.69. The number of amides is 1. The number of ether oxygens (including phenoxy) is 1. The van der Waals surface area contributed by atoms with Crippen LogP contribution in [-0.2, 0) is 11.4 Å². The lowest BCUT2D eigenvalue weighted by Gasteiger charge is -2.09. The molecule has 2 aromatic carbocycles. The number of hydrogen-bond donors (Lipinski definition) is 0. The minimum Gasteiger partial charge on any atom is -0.489 e. The summed E-state index contributed by atoms with van der Waals surface area (Å²) >= 11 is 12.4. The van der Waals surface area contributed by atoms with Crippen molar-refractivity contribution in [3.8, 4) is 5.75 Å². The van der Waals surface area contributed by atoms with Gasteiger partial charge in [-0.15, -0.1) is 0 Å². The molecule has 0 saturated carbocycles. The molecule has 1 aliphatic rings. The van der Waals surface area contributed by atoms with Crippen molar-refractivity contribution in [1.29, 1.82) is 0 Å². The quantitative estimate of drug-likeness (QED) is 0.523. The summed E-state index contributed by atoms with van der Waals surface area (Å²) in [7, 11) is 0. The molecule has 0 aliphatic carbocycles. The highest BCUT2D eigenvalue weighted by atomic mass is 35.5. The van der Waals surface area contributed by atoms with Crippen LogP contribution in [0.1, 0.15) is 18.1 Å². The Kier molecular flexibility index (Phi) is 5.78. The fourth-order valence-corrected chi connectivity index (χ4v) is 3.84. The maximum Gasteiger partial charge on any atom is 0.266 e. The zero-order valence-electron chi connectivity index (χ0n) is 13.6. The molecule has 0 atom stereocenters. The van der Waals surface area contributed by atoms with E-state index in [0.717, 1.165) is 16.9 Å². The summed E-state index contributed by atoms with van der Waals surface area (Å²) in [6, 6.07) is 15.2. The van der Waals surface area contributed by atoms with Crippen molar-refractivity contribution in [3.63, 3.8) is 0 Å². The number of thiocarbonyl (C=S) groups is 1. The Hall–Kier alpha value is -1.82. The van der Waals surface area contributed by atoms with Crippen LogP contribution in [0, 0.1) is 0 Å². The number of rotatable bonds is 5. The first-order valence-corrected chi connectivity index (χ1v) is 9.40. The predicted molar refractivity (Wildman–Crippen MR) is 108 cm³/mol. The van der Waals surface area contributed by atoms with E-state index < -0.39 is 0 Å². The van der Waals surface area contributed by atoms with Crippen LogP contribution in [0.2, 0.25) is 5.02 Å². The van der Waals surface area contributed by atoms with E-state index in [4.69, 9.17) is 28.6 Å². The van der Waals surface area contributed by atoms with Crippen LogP contribution in [-0.4, -0.2) is 21.7 Å². The topological polar surface area (TPSA) is 29.5 Å². The van der Waals surface area contributed by atoms with Gasteiger partial charge in [0.05, 0.1) is 4.91 Å². The summed E-state index contributed by atoms with van der Waals surface area (Å²) in [5.41, 5.74) is 1.99. The number of likely N-dealkylation sites (N-methyl/N-ethyl adjacent to an activating group) is 1. The van der Waals surface area contributed by atoms with Gasteiger partial charge in [-0.3, -0.25) is 9.69 Å². The number of carbonyl (C=O) groups is 1. The first-order chi connectivity index (χ1) is 12.1. The molecule has 3 nitrogen and oxygen atoms in total. The van der Waals surface area contributed by atoms with Gasteiger partial charge in [0.15, 0.2) is 0 Å². The summed E-state index contributed by atoms with van der Waals surface area (Å²) in [6.07, 6.45) is 1.86. The average molecular weight is 390 g/mol. The number of halogens is 1. The molecule has 25 heavy (non-hydrogen) atoms. The van der Waals surface area contributed by atoms with Gasteiger partial charge in [-0.05, 0) is 48.4 Å². The van der Waals surface area contributed by atoms with E-state index in [0.29, 0.717) is 27.4 Å². The molecule has 0 spiro atoms. The molecule has 1 heterocycles. The van der Waals surface area contributed by atoms with E-state index in [1.165, 1.54) is 11.8 Å². The van der Waals surface area contributed by atoms with E-state index in [-0.39, 0.29) is 5.91 Å². The molecule has 1 fully saturated rings. The molecule has 2 aromatic rings. The van der Waals surface area contributed by atoms with Gasteiger partial charge in [0, 0.05) is 11.6 Å². The number of thioether (sulfide) groups is 1. The van der Waals surface area contributed by atoms with E-state index in [2.05, 4.69) is 0 Å². The number of benzene rings is 2. The Labute approximate surface area is 161 Å². The Bertz CT molecular complexity index is 816. The van der Waals surface area contributed by atoms with Crippen LogP contribution in [0.25, 0.3) is 6.08 Å². The van der Waals surface area contributed by atoms with Crippen molar-refractivity contribution >= 4 is 51.9 Å². The smallest absolute Gasteiger partial charge is 0.266 e.